The third-order valence-electron chi connectivity index (χ3n) is 4.85. The second-order valence-corrected chi connectivity index (χ2v) is 6.45. The molecular weight excluding hydrogens is 324 g/mol. The van der Waals surface area contributed by atoms with Gasteiger partial charge in [-0.15, -0.1) is 0 Å². The summed E-state index contributed by atoms with van der Waals surface area (Å²) in [6.07, 6.45) is 3.57. The van der Waals surface area contributed by atoms with Crippen molar-refractivity contribution < 1.29 is 4.74 Å². The van der Waals surface area contributed by atoms with Crippen LogP contribution in [0.4, 0.5) is 5.82 Å². The molecule has 0 bridgehead atoms. The van der Waals surface area contributed by atoms with Gasteiger partial charge in [0.2, 0.25) is 0 Å². The van der Waals surface area contributed by atoms with Crippen LogP contribution in [0.2, 0.25) is 0 Å². The number of nitrogens with zero attached hydrogens (tertiary/aromatic N) is 4. The first-order valence-electron chi connectivity index (χ1n) is 8.81. The van der Waals surface area contributed by atoms with Gasteiger partial charge < -0.3 is 9.64 Å². The Labute approximate surface area is 151 Å². The van der Waals surface area contributed by atoms with Crippen LogP contribution in [0.5, 0.6) is 0 Å². The molecule has 0 N–H and O–H groups in total. The maximum absolute atomic E-state index is 5.45. The standard InChI is InChI=1S/C21H18N4O/c1-2-4-19-16(3-1)11-17(13-22-19)15-5-6-18-20(12-15)23-14-24-21(18)25-7-9-26-10-8-25/h1-6,11-14H,7-10H2. The van der Waals surface area contributed by atoms with E-state index in [-0.39, 0.29) is 0 Å². The summed E-state index contributed by atoms with van der Waals surface area (Å²) in [5, 5.41) is 2.22. The van der Waals surface area contributed by atoms with Crippen LogP contribution >= 0.6 is 0 Å². The van der Waals surface area contributed by atoms with E-state index >= 15 is 0 Å². The van der Waals surface area contributed by atoms with Gasteiger partial charge in [-0.1, -0.05) is 24.3 Å². The summed E-state index contributed by atoms with van der Waals surface area (Å²) in [6, 6.07) is 16.7. The molecule has 5 heteroatoms. The first-order valence-corrected chi connectivity index (χ1v) is 8.81. The normalized spacial score (nSPS) is 14.8. The molecule has 0 unspecified atom stereocenters. The zero-order valence-corrected chi connectivity index (χ0v) is 14.3. The Morgan fingerprint density at radius 2 is 1.69 bits per heavy atom. The average Bonchev–Trinajstić information content (AvgIpc) is 2.73. The van der Waals surface area contributed by atoms with Gasteiger partial charge in [-0.05, 0) is 29.8 Å². The van der Waals surface area contributed by atoms with Crippen LogP contribution in [0.3, 0.4) is 0 Å². The number of fused-ring (bicyclic) bond motifs is 2. The first kappa shape index (κ1) is 15.2. The van der Waals surface area contributed by atoms with E-state index in [1.807, 2.05) is 24.4 Å². The van der Waals surface area contributed by atoms with Crippen molar-refractivity contribution in [3.8, 4) is 11.1 Å². The van der Waals surface area contributed by atoms with Crippen LogP contribution in [0.25, 0.3) is 32.9 Å². The Kier molecular flexibility index (Phi) is 3.72. The summed E-state index contributed by atoms with van der Waals surface area (Å²) in [4.78, 5) is 15.9. The zero-order valence-electron chi connectivity index (χ0n) is 14.3. The van der Waals surface area contributed by atoms with Crippen molar-refractivity contribution in [2.24, 2.45) is 0 Å². The molecule has 4 aromatic rings. The minimum absolute atomic E-state index is 0.742. The molecule has 0 saturated carbocycles. The summed E-state index contributed by atoms with van der Waals surface area (Å²) in [7, 11) is 0. The summed E-state index contributed by atoms with van der Waals surface area (Å²) in [5.41, 5.74) is 4.17. The lowest BCUT2D eigenvalue weighted by atomic mass is 10.0. The van der Waals surface area contributed by atoms with Crippen LogP contribution in [-0.4, -0.2) is 41.3 Å². The number of anilines is 1. The smallest absolute Gasteiger partial charge is 0.140 e. The fraction of sp³-hybridized carbons (Fsp3) is 0.190. The molecule has 1 saturated heterocycles. The Morgan fingerprint density at radius 1 is 0.808 bits per heavy atom. The molecule has 1 aliphatic rings. The zero-order chi connectivity index (χ0) is 17.3. The molecule has 128 valence electrons. The van der Waals surface area contributed by atoms with Crippen LogP contribution in [0.15, 0.2) is 61.1 Å². The van der Waals surface area contributed by atoms with Gasteiger partial charge in [-0.3, -0.25) is 4.98 Å². The number of rotatable bonds is 2. The maximum Gasteiger partial charge on any atom is 0.140 e. The summed E-state index contributed by atoms with van der Waals surface area (Å²) in [6.45, 7) is 3.21. The fourth-order valence-corrected chi connectivity index (χ4v) is 3.48. The number of morpholine rings is 1. The van der Waals surface area contributed by atoms with E-state index in [0.29, 0.717) is 0 Å². The minimum Gasteiger partial charge on any atom is -0.378 e. The molecule has 1 aliphatic heterocycles. The average molecular weight is 342 g/mol. The summed E-state index contributed by atoms with van der Waals surface area (Å²) >= 11 is 0. The highest BCUT2D eigenvalue weighted by Crippen LogP contribution is 2.29. The van der Waals surface area contributed by atoms with Crippen molar-refractivity contribution in [1.82, 2.24) is 15.0 Å². The van der Waals surface area contributed by atoms with E-state index in [2.05, 4.69) is 50.2 Å². The van der Waals surface area contributed by atoms with E-state index in [9.17, 15) is 0 Å². The lowest BCUT2D eigenvalue weighted by Crippen LogP contribution is -2.36. The number of para-hydroxylation sites is 1. The molecule has 2 aromatic carbocycles. The van der Waals surface area contributed by atoms with Gasteiger partial charge in [0.05, 0.1) is 24.2 Å². The summed E-state index contributed by atoms with van der Waals surface area (Å²) in [5.74, 6) is 0.987. The van der Waals surface area contributed by atoms with Gasteiger partial charge >= 0.3 is 0 Å². The van der Waals surface area contributed by atoms with Gasteiger partial charge in [0.15, 0.2) is 0 Å². The Morgan fingerprint density at radius 3 is 2.62 bits per heavy atom. The SMILES string of the molecule is c1ccc2ncc(-c3ccc4c(N5CCOCC5)ncnc4c3)cc2c1. The Hall–Kier alpha value is -3.05. The highest BCUT2D eigenvalue weighted by atomic mass is 16.5. The molecule has 26 heavy (non-hydrogen) atoms. The molecule has 0 aliphatic carbocycles. The minimum atomic E-state index is 0.742. The number of hydrogen-bond acceptors (Lipinski definition) is 5. The lowest BCUT2D eigenvalue weighted by molar-refractivity contribution is 0.122. The van der Waals surface area contributed by atoms with E-state index in [0.717, 1.165) is 65.1 Å². The molecule has 5 nitrogen and oxygen atoms in total. The Bertz CT molecular complexity index is 1090. The van der Waals surface area contributed by atoms with Crippen LogP contribution in [-0.2, 0) is 4.74 Å². The number of benzene rings is 2. The second-order valence-electron chi connectivity index (χ2n) is 6.45. The monoisotopic (exact) mass is 342 g/mol. The van der Waals surface area contributed by atoms with Gasteiger partial charge in [-0.2, -0.15) is 0 Å². The number of aromatic nitrogens is 3. The van der Waals surface area contributed by atoms with Gasteiger partial charge in [0, 0.05) is 35.6 Å². The Balaban J connectivity index is 1.59. The molecule has 0 amide bonds. The predicted molar refractivity (Wildman–Crippen MR) is 103 cm³/mol. The van der Waals surface area contributed by atoms with Crippen molar-refractivity contribution in [3.05, 3.63) is 61.1 Å². The van der Waals surface area contributed by atoms with Gasteiger partial charge in [0.25, 0.3) is 0 Å². The van der Waals surface area contributed by atoms with Crippen molar-refractivity contribution in [1.29, 1.82) is 0 Å². The van der Waals surface area contributed by atoms with Crippen LogP contribution < -0.4 is 4.90 Å². The van der Waals surface area contributed by atoms with Crippen molar-refractivity contribution in [3.63, 3.8) is 0 Å². The van der Waals surface area contributed by atoms with E-state index in [1.54, 1.807) is 6.33 Å². The molecular formula is C21H18N4O. The van der Waals surface area contributed by atoms with Gasteiger partial charge in [0.1, 0.15) is 12.1 Å². The number of pyridine rings is 1. The number of ether oxygens (including phenoxy) is 1. The molecule has 5 rings (SSSR count). The molecule has 3 heterocycles. The maximum atomic E-state index is 5.45. The highest BCUT2D eigenvalue weighted by Gasteiger charge is 2.16. The van der Waals surface area contributed by atoms with Crippen LogP contribution in [0, 0.1) is 0 Å². The van der Waals surface area contributed by atoms with E-state index in [1.165, 1.54) is 0 Å². The molecule has 0 radical (unpaired) electrons. The highest BCUT2D eigenvalue weighted by molar-refractivity contribution is 5.93. The van der Waals surface area contributed by atoms with Crippen molar-refractivity contribution in [2.45, 2.75) is 0 Å². The predicted octanol–water partition coefficient (Wildman–Crippen LogP) is 3.68. The van der Waals surface area contributed by atoms with Crippen molar-refractivity contribution >= 4 is 27.6 Å². The second kappa shape index (κ2) is 6.35. The molecule has 2 aromatic heterocycles. The molecule has 0 atom stereocenters. The number of hydrogen-bond donors (Lipinski definition) is 0. The third kappa shape index (κ3) is 2.66. The topological polar surface area (TPSA) is 51.1 Å². The van der Waals surface area contributed by atoms with E-state index < -0.39 is 0 Å². The van der Waals surface area contributed by atoms with Gasteiger partial charge in [-0.25, -0.2) is 9.97 Å². The van der Waals surface area contributed by atoms with Crippen molar-refractivity contribution in [2.75, 3.05) is 31.2 Å². The van der Waals surface area contributed by atoms with Crippen LogP contribution in [0.1, 0.15) is 0 Å². The van der Waals surface area contributed by atoms with E-state index in [4.69, 9.17) is 4.74 Å². The molecule has 0 spiro atoms. The lowest BCUT2D eigenvalue weighted by Gasteiger charge is -2.28. The molecule has 1 fully saturated rings. The fourth-order valence-electron chi connectivity index (χ4n) is 3.48. The largest absolute Gasteiger partial charge is 0.378 e. The summed E-state index contributed by atoms with van der Waals surface area (Å²) < 4.78 is 5.45. The third-order valence-corrected chi connectivity index (χ3v) is 4.85. The first-order chi connectivity index (χ1) is 12.9. The quantitative estimate of drug-likeness (QED) is 0.556.